The molecular formula is C16H18N2O2. The summed E-state index contributed by atoms with van der Waals surface area (Å²) in [6, 6.07) is 3.66. The van der Waals surface area contributed by atoms with Gasteiger partial charge in [0, 0.05) is 6.20 Å². The van der Waals surface area contributed by atoms with Crippen LogP contribution in [0.3, 0.4) is 0 Å². The smallest absolute Gasteiger partial charge is 0.269 e. The lowest BCUT2D eigenvalue weighted by molar-refractivity contribution is 0.451. The number of aryl methyl sites for hydroxylation is 1. The van der Waals surface area contributed by atoms with Crippen LogP contribution in [0.5, 0.6) is 5.88 Å². The third kappa shape index (κ3) is 2.33. The van der Waals surface area contributed by atoms with Crippen LogP contribution in [0.4, 0.5) is 0 Å². The molecule has 104 valence electrons. The third-order valence-corrected chi connectivity index (χ3v) is 3.84. The lowest BCUT2D eigenvalue weighted by Crippen LogP contribution is -2.18. The van der Waals surface area contributed by atoms with Crippen LogP contribution < -0.4 is 5.56 Å². The Bertz CT molecular complexity index is 736. The Kier molecular flexibility index (Phi) is 3.30. The van der Waals surface area contributed by atoms with Crippen LogP contribution in [0.15, 0.2) is 28.7 Å². The minimum absolute atomic E-state index is 0.168. The van der Waals surface area contributed by atoms with Gasteiger partial charge in [-0.3, -0.25) is 9.20 Å². The summed E-state index contributed by atoms with van der Waals surface area (Å²) >= 11 is 0. The molecule has 3 rings (SSSR count). The molecule has 0 saturated heterocycles. The highest BCUT2D eigenvalue weighted by Crippen LogP contribution is 2.26. The van der Waals surface area contributed by atoms with Crippen molar-refractivity contribution in [3.63, 3.8) is 0 Å². The van der Waals surface area contributed by atoms with Crippen LogP contribution in [0.2, 0.25) is 0 Å². The summed E-state index contributed by atoms with van der Waals surface area (Å²) in [5, 5.41) is 10.0. The zero-order valence-electron chi connectivity index (χ0n) is 11.6. The van der Waals surface area contributed by atoms with Gasteiger partial charge in [-0.25, -0.2) is 0 Å². The standard InChI is InChI=1S/C16H18N2O2/c1-11-7-8-18-14(9-11)17-15(19)13(16(18)20)10-12-5-3-2-4-6-12/h7-10,19H,2-6H2,1H3. The summed E-state index contributed by atoms with van der Waals surface area (Å²) in [5.41, 5.74) is 2.83. The van der Waals surface area contributed by atoms with E-state index in [2.05, 4.69) is 4.98 Å². The molecule has 1 aliphatic carbocycles. The minimum atomic E-state index is -0.203. The van der Waals surface area contributed by atoms with Gasteiger partial charge in [0.05, 0.1) is 0 Å². The van der Waals surface area contributed by atoms with Gasteiger partial charge in [0.1, 0.15) is 11.2 Å². The number of allylic oxidation sites excluding steroid dienone is 1. The number of hydrogen-bond donors (Lipinski definition) is 1. The molecule has 1 fully saturated rings. The highest BCUT2D eigenvalue weighted by Gasteiger charge is 2.12. The number of aromatic nitrogens is 2. The molecule has 1 N–H and O–H groups in total. The number of rotatable bonds is 1. The maximum Gasteiger partial charge on any atom is 0.269 e. The Morgan fingerprint density at radius 2 is 2.05 bits per heavy atom. The second-order valence-electron chi connectivity index (χ2n) is 5.45. The number of pyridine rings is 1. The molecule has 2 heterocycles. The van der Waals surface area contributed by atoms with E-state index in [-0.39, 0.29) is 11.4 Å². The van der Waals surface area contributed by atoms with Crippen LogP contribution in [-0.4, -0.2) is 14.5 Å². The summed E-state index contributed by atoms with van der Waals surface area (Å²) in [6.07, 6.45) is 9.13. The van der Waals surface area contributed by atoms with Gasteiger partial charge in [-0.2, -0.15) is 4.98 Å². The topological polar surface area (TPSA) is 54.6 Å². The lowest BCUT2D eigenvalue weighted by Gasteiger charge is -2.13. The van der Waals surface area contributed by atoms with E-state index in [9.17, 15) is 9.90 Å². The second-order valence-corrected chi connectivity index (χ2v) is 5.45. The van der Waals surface area contributed by atoms with Crippen LogP contribution in [-0.2, 0) is 0 Å². The third-order valence-electron chi connectivity index (χ3n) is 3.84. The van der Waals surface area contributed by atoms with Crippen molar-refractivity contribution in [3.8, 4) is 5.88 Å². The van der Waals surface area contributed by atoms with Crippen molar-refractivity contribution >= 4 is 11.7 Å². The molecule has 0 atom stereocenters. The zero-order valence-corrected chi connectivity index (χ0v) is 11.6. The number of hydrogen-bond acceptors (Lipinski definition) is 3. The quantitative estimate of drug-likeness (QED) is 0.866. The fourth-order valence-corrected chi connectivity index (χ4v) is 2.72. The van der Waals surface area contributed by atoms with Gasteiger partial charge in [0.25, 0.3) is 5.56 Å². The molecule has 0 bridgehead atoms. The fourth-order valence-electron chi connectivity index (χ4n) is 2.72. The second kappa shape index (κ2) is 5.12. The van der Waals surface area contributed by atoms with Crippen LogP contribution in [0, 0.1) is 6.92 Å². The molecule has 0 aliphatic heterocycles. The molecule has 0 aromatic carbocycles. The van der Waals surface area contributed by atoms with Crippen LogP contribution >= 0.6 is 0 Å². The van der Waals surface area contributed by atoms with Crippen LogP contribution in [0.25, 0.3) is 11.7 Å². The highest BCUT2D eigenvalue weighted by atomic mass is 16.3. The maximum absolute atomic E-state index is 12.5. The van der Waals surface area contributed by atoms with Gasteiger partial charge in [-0.15, -0.1) is 0 Å². The predicted octanol–water partition coefficient (Wildman–Crippen LogP) is 3.06. The van der Waals surface area contributed by atoms with Crippen molar-refractivity contribution in [3.05, 3.63) is 45.4 Å². The van der Waals surface area contributed by atoms with E-state index < -0.39 is 0 Å². The van der Waals surface area contributed by atoms with E-state index >= 15 is 0 Å². The van der Waals surface area contributed by atoms with E-state index in [0.717, 1.165) is 31.2 Å². The Labute approximate surface area is 117 Å². The normalized spacial score (nSPS) is 15.6. The van der Waals surface area contributed by atoms with Crippen LogP contribution in [0.1, 0.15) is 43.2 Å². The summed E-state index contributed by atoms with van der Waals surface area (Å²) < 4.78 is 1.49. The first kappa shape index (κ1) is 12.9. The Morgan fingerprint density at radius 3 is 2.80 bits per heavy atom. The molecule has 0 radical (unpaired) electrons. The molecule has 20 heavy (non-hydrogen) atoms. The van der Waals surface area contributed by atoms with E-state index in [1.807, 2.05) is 19.1 Å². The fraction of sp³-hybridized carbons (Fsp3) is 0.375. The minimum Gasteiger partial charge on any atom is -0.493 e. The monoisotopic (exact) mass is 270 g/mol. The van der Waals surface area contributed by atoms with E-state index in [4.69, 9.17) is 0 Å². The summed E-state index contributed by atoms with van der Waals surface area (Å²) in [6.45, 7) is 1.93. The Hall–Kier alpha value is -2.10. The highest BCUT2D eigenvalue weighted by molar-refractivity contribution is 5.59. The predicted molar refractivity (Wildman–Crippen MR) is 78.9 cm³/mol. The molecule has 1 saturated carbocycles. The lowest BCUT2D eigenvalue weighted by atomic mass is 9.94. The average molecular weight is 270 g/mol. The molecule has 0 amide bonds. The van der Waals surface area contributed by atoms with Gasteiger partial charge in [0.2, 0.25) is 5.88 Å². The van der Waals surface area contributed by atoms with E-state index in [0.29, 0.717) is 11.2 Å². The summed E-state index contributed by atoms with van der Waals surface area (Å²) in [5.74, 6) is -0.168. The maximum atomic E-state index is 12.5. The summed E-state index contributed by atoms with van der Waals surface area (Å²) in [4.78, 5) is 16.6. The van der Waals surface area contributed by atoms with Crippen molar-refractivity contribution in [1.82, 2.24) is 9.38 Å². The largest absolute Gasteiger partial charge is 0.493 e. The molecule has 1 aliphatic rings. The Balaban J connectivity index is 2.16. The molecule has 4 nitrogen and oxygen atoms in total. The van der Waals surface area contributed by atoms with Gasteiger partial charge in [-0.1, -0.05) is 12.0 Å². The first-order valence-corrected chi connectivity index (χ1v) is 7.06. The Morgan fingerprint density at radius 1 is 1.30 bits per heavy atom. The molecule has 2 aromatic heterocycles. The number of nitrogens with zero attached hydrogens (tertiary/aromatic N) is 2. The van der Waals surface area contributed by atoms with Gasteiger partial charge >= 0.3 is 0 Å². The van der Waals surface area contributed by atoms with Crippen molar-refractivity contribution in [2.24, 2.45) is 0 Å². The van der Waals surface area contributed by atoms with Crippen molar-refractivity contribution < 1.29 is 5.11 Å². The van der Waals surface area contributed by atoms with Crippen molar-refractivity contribution in [1.29, 1.82) is 0 Å². The first-order valence-electron chi connectivity index (χ1n) is 7.06. The van der Waals surface area contributed by atoms with E-state index in [1.54, 1.807) is 12.3 Å². The SMILES string of the molecule is Cc1ccn2c(=O)c(C=C3CCCCC3)c(O)nc2c1. The molecular weight excluding hydrogens is 252 g/mol. The zero-order chi connectivity index (χ0) is 14.1. The average Bonchev–Trinajstić information content (AvgIpc) is 2.44. The molecule has 0 unspecified atom stereocenters. The van der Waals surface area contributed by atoms with Gasteiger partial charge in [-0.05, 0) is 56.4 Å². The molecule has 4 heteroatoms. The van der Waals surface area contributed by atoms with Crippen molar-refractivity contribution in [2.45, 2.75) is 39.0 Å². The van der Waals surface area contributed by atoms with Crippen molar-refractivity contribution in [2.75, 3.05) is 0 Å². The van der Waals surface area contributed by atoms with Gasteiger partial charge in [0.15, 0.2) is 0 Å². The van der Waals surface area contributed by atoms with E-state index in [1.165, 1.54) is 16.4 Å². The number of fused-ring (bicyclic) bond motifs is 1. The first-order chi connectivity index (χ1) is 9.65. The number of aromatic hydroxyl groups is 1. The molecule has 0 spiro atoms. The van der Waals surface area contributed by atoms with Gasteiger partial charge < -0.3 is 5.11 Å². The summed E-state index contributed by atoms with van der Waals surface area (Å²) in [7, 11) is 0. The molecule has 2 aromatic rings.